The molecule has 0 spiro atoms. The van der Waals surface area contributed by atoms with Crippen molar-refractivity contribution in [3.05, 3.63) is 61.7 Å². The zero-order chi connectivity index (χ0) is 14.7. The SMILES string of the molecule is CCCc1nc(Cc2ccc(F)cc2F)[nH]c(=O)c1Br. The Balaban J connectivity index is 2.36. The largest absolute Gasteiger partial charge is 0.309 e. The van der Waals surface area contributed by atoms with Crippen LogP contribution in [-0.2, 0) is 12.8 Å². The number of nitrogens with zero attached hydrogens (tertiary/aromatic N) is 1. The van der Waals surface area contributed by atoms with E-state index in [4.69, 9.17) is 0 Å². The summed E-state index contributed by atoms with van der Waals surface area (Å²) in [6.07, 6.45) is 1.62. The molecule has 1 aromatic heterocycles. The Morgan fingerprint density at radius 1 is 1.35 bits per heavy atom. The van der Waals surface area contributed by atoms with E-state index in [0.29, 0.717) is 28.0 Å². The van der Waals surface area contributed by atoms with Gasteiger partial charge in [-0.2, -0.15) is 0 Å². The van der Waals surface area contributed by atoms with Crippen LogP contribution in [0.5, 0.6) is 0 Å². The Morgan fingerprint density at radius 2 is 2.10 bits per heavy atom. The summed E-state index contributed by atoms with van der Waals surface area (Å²) in [5, 5.41) is 0. The topological polar surface area (TPSA) is 45.8 Å². The van der Waals surface area contributed by atoms with Crippen molar-refractivity contribution in [2.24, 2.45) is 0 Å². The molecule has 0 saturated heterocycles. The van der Waals surface area contributed by atoms with E-state index in [1.807, 2.05) is 6.92 Å². The summed E-state index contributed by atoms with van der Waals surface area (Å²) in [6, 6.07) is 3.35. The third-order valence-corrected chi connectivity index (χ3v) is 3.66. The predicted molar refractivity (Wildman–Crippen MR) is 75.7 cm³/mol. The molecular weight excluding hydrogens is 330 g/mol. The van der Waals surface area contributed by atoms with E-state index in [9.17, 15) is 13.6 Å². The molecule has 0 aliphatic carbocycles. The number of H-pyrrole nitrogens is 1. The summed E-state index contributed by atoms with van der Waals surface area (Å²) >= 11 is 3.19. The number of halogens is 3. The molecule has 2 rings (SSSR count). The molecule has 0 radical (unpaired) electrons. The van der Waals surface area contributed by atoms with E-state index in [-0.39, 0.29) is 12.0 Å². The highest BCUT2D eigenvalue weighted by Gasteiger charge is 2.11. The van der Waals surface area contributed by atoms with Crippen molar-refractivity contribution >= 4 is 15.9 Å². The fourth-order valence-corrected chi connectivity index (χ4v) is 2.27. The highest BCUT2D eigenvalue weighted by Crippen LogP contribution is 2.15. The van der Waals surface area contributed by atoms with E-state index in [1.165, 1.54) is 12.1 Å². The van der Waals surface area contributed by atoms with Crippen molar-refractivity contribution in [1.29, 1.82) is 0 Å². The predicted octanol–water partition coefficient (Wildman–Crippen LogP) is 3.35. The van der Waals surface area contributed by atoms with E-state index in [0.717, 1.165) is 12.5 Å². The number of benzene rings is 1. The molecule has 3 nitrogen and oxygen atoms in total. The van der Waals surface area contributed by atoms with Crippen LogP contribution in [0.15, 0.2) is 27.5 Å². The van der Waals surface area contributed by atoms with Gasteiger partial charge in [-0.1, -0.05) is 19.4 Å². The first-order valence-corrected chi connectivity index (χ1v) is 7.02. The van der Waals surface area contributed by atoms with Gasteiger partial charge >= 0.3 is 0 Å². The number of aromatic amines is 1. The maximum atomic E-state index is 13.6. The van der Waals surface area contributed by atoms with Crippen LogP contribution in [0.2, 0.25) is 0 Å². The van der Waals surface area contributed by atoms with E-state index < -0.39 is 11.6 Å². The van der Waals surface area contributed by atoms with Crippen LogP contribution in [-0.4, -0.2) is 9.97 Å². The van der Waals surface area contributed by atoms with E-state index in [1.54, 1.807) is 0 Å². The molecule has 0 amide bonds. The first-order valence-electron chi connectivity index (χ1n) is 6.22. The molecule has 1 heterocycles. The second-order valence-corrected chi connectivity index (χ2v) is 5.23. The Hall–Kier alpha value is -1.56. The number of hydrogen-bond donors (Lipinski definition) is 1. The van der Waals surface area contributed by atoms with Gasteiger partial charge in [0.1, 0.15) is 21.9 Å². The molecule has 0 aliphatic heterocycles. The second-order valence-electron chi connectivity index (χ2n) is 4.44. The standard InChI is InChI=1S/C14H13BrF2N2O/c1-2-3-11-13(15)14(20)19-12(18-11)6-8-4-5-9(16)7-10(8)17/h4-5,7H,2-3,6H2,1H3,(H,18,19,20). The lowest BCUT2D eigenvalue weighted by Gasteiger charge is -2.07. The fourth-order valence-electron chi connectivity index (χ4n) is 1.89. The van der Waals surface area contributed by atoms with Gasteiger partial charge in [0.05, 0.1) is 5.69 Å². The van der Waals surface area contributed by atoms with Crippen molar-refractivity contribution in [1.82, 2.24) is 9.97 Å². The molecule has 2 aromatic rings. The molecule has 0 atom stereocenters. The maximum absolute atomic E-state index is 13.6. The number of rotatable bonds is 4. The monoisotopic (exact) mass is 342 g/mol. The number of nitrogens with one attached hydrogen (secondary N) is 1. The van der Waals surface area contributed by atoms with Crippen LogP contribution < -0.4 is 5.56 Å². The van der Waals surface area contributed by atoms with Crippen LogP contribution in [0, 0.1) is 11.6 Å². The Bertz CT molecular complexity index is 685. The summed E-state index contributed by atoms with van der Waals surface area (Å²) in [7, 11) is 0. The van der Waals surface area contributed by atoms with Gasteiger partial charge in [-0.15, -0.1) is 0 Å². The number of aryl methyl sites for hydroxylation is 1. The van der Waals surface area contributed by atoms with Crippen molar-refractivity contribution in [3.63, 3.8) is 0 Å². The number of hydrogen-bond acceptors (Lipinski definition) is 2. The summed E-state index contributed by atoms with van der Waals surface area (Å²) in [4.78, 5) is 18.7. The third kappa shape index (κ3) is 3.30. The van der Waals surface area contributed by atoms with Gasteiger partial charge in [-0.3, -0.25) is 4.79 Å². The summed E-state index contributed by atoms with van der Waals surface area (Å²) in [5.41, 5.74) is 0.647. The number of aromatic nitrogens is 2. The van der Waals surface area contributed by atoms with E-state index >= 15 is 0 Å². The van der Waals surface area contributed by atoms with Crippen LogP contribution in [0.4, 0.5) is 8.78 Å². The van der Waals surface area contributed by atoms with Crippen molar-refractivity contribution in [2.75, 3.05) is 0 Å². The minimum Gasteiger partial charge on any atom is -0.309 e. The first-order chi connectivity index (χ1) is 9.51. The van der Waals surface area contributed by atoms with Crippen LogP contribution in [0.25, 0.3) is 0 Å². The van der Waals surface area contributed by atoms with Gasteiger partial charge in [-0.05, 0) is 34.0 Å². The summed E-state index contributed by atoms with van der Waals surface area (Å²) in [5.74, 6) is -0.907. The zero-order valence-electron chi connectivity index (χ0n) is 10.8. The lowest BCUT2D eigenvalue weighted by atomic mass is 10.1. The molecule has 20 heavy (non-hydrogen) atoms. The fraction of sp³-hybridized carbons (Fsp3) is 0.286. The van der Waals surface area contributed by atoms with Crippen molar-refractivity contribution in [2.45, 2.75) is 26.2 Å². The quantitative estimate of drug-likeness (QED) is 0.925. The lowest BCUT2D eigenvalue weighted by molar-refractivity contribution is 0.573. The van der Waals surface area contributed by atoms with Crippen molar-refractivity contribution < 1.29 is 8.78 Å². The van der Waals surface area contributed by atoms with Gasteiger partial charge in [0, 0.05) is 12.5 Å². The molecule has 0 unspecified atom stereocenters. The van der Waals surface area contributed by atoms with Crippen LogP contribution in [0.1, 0.15) is 30.4 Å². The summed E-state index contributed by atoms with van der Waals surface area (Å²) in [6.45, 7) is 1.98. The smallest absolute Gasteiger partial charge is 0.265 e. The van der Waals surface area contributed by atoms with Crippen LogP contribution >= 0.6 is 15.9 Å². The van der Waals surface area contributed by atoms with Gasteiger partial charge in [0.15, 0.2) is 0 Å². The molecule has 1 N–H and O–H groups in total. The Kier molecular flexibility index (Phi) is 4.65. The van der Waals surface area contributed by atoms with E-state index in [2.05, 4.69) is 25.9 Å². The maximum Gasteiger partial charge on any atom is 0.265 e. The zero-order valence-corrected chi connectivity index (χ0v) is 12.4. The third-order valence-electron chi connectivity index (χ3n) is 2.84. The second kappa shape index (κ2) is 6.26. The average molecular weight is 343 g/mol. The molecular formula is C14H13BrF2N2O. The van der Waals surface area contributed by atoms with Gasteiger partial charge in [0.2, 0.25) is 0 Å². The normalized spacial score (nSPS) is 10.8. The Labute approximate surface area is 123 Å². The molecule has 0 aliphatic rings. The molecule has 0 bridgehead atoms. The molecule has 0 saturated carbocycles. The lowest BCUT2D eigenvalue weighted by Crippen LogP contribution is -2.16. The molecule has 0 fully saturated rings. The van der Waals surface area contributed by atoms with Crippen LogP contribution in [0.3, 0.4) is 0 Å². The highest BCUT2D eigenvalue weighted by atomic mass is 79.9. The molecule has 1 aromatic carbocycles. The summed E-state index contributed by atoms with van der Waals surface area (Å²) < 4.78 is 26.8. The Morgan fingerprint density at radius 3 is 2.75 bits per heavy atom. The first kappa shape index (κ1) is 14.8. The minimum absolute atomic E-state index is 0.116. The van der Waals surface area contributed by atoms with Gasteiger partial charge < -0.3 is 4.98 Å². The molecule has 6 heteroatoms. The van der Waals surface area contributed by atoms with Gasteiger partial charge in [0.25, 0.3) is 5.56 Å². The highest BCUT2D eigenvalue weighted by molar-refractivity contribution is 9.10. The minimum atomic E-state index is -0.646. The average Bonchev–Trinajstić information content (AvgIpc) is 2.39. The molecule has 106 valence electrons. The van der Waals surface area contributed by atoms with Gasteiger partial charge in [-0.25, -0.2) is 13.8 Å². The van der Waals surface area contributed by atoms with Crippen molar-refractivity contribution in [3.8, 4) is 0 Å².